The third-order valence-corrected chi connectivity index (χ3v) is 4.60. The maximum Gasteiger partial charge on any atom is 0.332 e. The Morgan fingerprint density at radius 1 is 1.11 bits per heavy atom. The molecule has 0 amide bonds. The highest BCUT2D eigenvalue weighted by Gasteiger charge is 2.16. The van der Waals surface area contributed by atoms with Gasteiger partial charge in [-0.05, 0) is 31.0 Å². The van der Waals surface area contributed by atoms with Gasteiger partial charge in [0.1, 0.15) is 12.4 Å². The van der Waals surface area contributed by atoms with E-state index >= 15 is 0 Å². The second-order valence-electron chi connectivity index (χ2n) is 6.62. The summed E-state index contributed by atoms with van der Waals surface area (Å²) in [6, 6.07) is 7.93. The molecule has 3 aromatic rings. The molecule has 0 atom stereocenters. The number of ether oxygens (including phenoxy) is 1. The fourth-order valence-electron chi connectivity index (χ4n) is 2.81. The Kier molecular flexibility index (Phi) is 5.34. The molecule has 2 aromatic heterocycles. The Hall–Kier alpha value is -3.36. The number of hydrogen-bond acceptors (Lipinski definition) is 6. The van der Waals surface area contributed by atoms with Crippen molar-refractivity contribution >= 4 is 22.8 Å². The smallest absolute Gasteiger partial charge is 0.332 e. The van der Waals surface area contributed by atoms with Gasteiger partial charge in [0, 0.05) is 21.1 Å². The summed E-state index contributed by atoms with van der Waals surface area (Å²) in [4.78, 5) is 28.8. The number of rotatable bonds is 6. The van der Waals surface area contributed by atoms with Gasteiger partial charge >= 0.3 is 5.69 Å². The van der Waals surface area contributed by atoms with Gasteiger partial charge in [0.15, 0.2) is 11.2 Å². The Balaban J connectivity index is 1.77. The van der Waals surface area contributed by atoms with Crippen LogP contribution in [0.2, 0.25) is 0 Å². The maximum absolute atomic E-state index is 12.4. The lowest BCUT2D eigenvalue weighted by molar-refractivity contribution is 0.375. The molecule has 148 valence electrons. The van der Waals surface area contributed by atoms with Crippen molar-refractivity contribution in [3.63, 3.8) is 0 Å². The van der Waals surface area contributed by atoms with Crippen molar-refractivity contribution in [1.29, 1.82) is 0 Å². The van der Waals surface area contributed by atoms with Gasteiger partial charge < -0.3 is 9.30 Å². The predicted molar refractivity (Wildman–Crippen MR) is 109 cm³/mol. The highest BCUT2D eigenvalue weighted by atomic mass is 16.5. The molecule has 0 aliphatic carbocycles. The Morgan fingerprint density at radius 3 is 2.43 bits per heavy atom. The summed E-state index contributed by atoms with van der Waals surface area (Å²) >= 11 is 0. The van der Waals surface area contributed by atoms with Crippen molar-refractivity contribution < 1.29 is 4.74 Å². The van der Waals surface area contributed by atoms with Crippen molar-refractivity contribution in [2.24, 2.45) is 26.2 Å². The maximum atomic E-state index is 12.4. The Bertz CT molecular complexity index is 1150. The summed E-state index contributed by atoms with van der Waals surface area (Å²) in [7, 11) is 4.71. The first-order valence-corrected chi connectivity index (χ1v) is 8.96. The van der Waals surface area contributed by atoms with Crippen molar-refractivity contribution in [3.8, 4) is 5.75 Å². The first-order chi connectivity index (χ1) is 13.3. The average molecular weight is 384 g/mol. The Labute approximate surface area is 161 Å². The van der Waals surface area contributed by atoms with Gasteiger partial charge in [0.25, 0.3) is 5.56 Å². The quantitative estimate of drug-likeness (QED) is 0.512. The van der Waals surface area contributed by atoms with Gasteiger partial charge in [0.05, 0.1) is 5.71 Å². The van der Waals surface area contributed by atoms with Gasteiger partial charge in [-0.15, -0.1) is 0 Å². The highest BCUT2D eigenvalue weighted by molar-refractivity contribution is 5.84. The summed E-state index contributed by atoms with van der Waals surface area (Å²) in [5.41, 5.74) is 4.60. The number of hydrogen-bond donors (Lipinski definition) is 1. The molecular weight excluding hydrogens is 360 g/mol. The SMILES string of the molecule is CCc1ccc(OC/C(C)=N\Nc2nc3c(c(=O)n(C)c(=O)n3C)n2C)cc1. The number of aryl methyl sites for hydroxylation is 3. The van der Waals surface area contributed by atoms with Crippen LogP contribution in [0.5, 0.6) is 5.75 Å². The molecule has 3 rings (SSSR count). The molecule has 9 nitrogen and oxygen atoms in total. The Morgan fingerprint density at radius 2 is 1.79 bits per heavy atom. The minimum absolute atomic E-state index is 0.304. The van der Waals surface area contributed by atoms with Gasteiger partial charge in [0.2, 0.25) is 5.95 Å². The molecular formula is C19H24N6O3. The number of benzene rings is 1. The minimum Gasteiger partial charge on any atom is -0.488 e. The van der Waals surface area contributed by atoms with Gasteiger partial charge in [-0.2, -0.15) is 10.1 Å². The predicted octanol–water partition coefficient (Wildman–Crippen LogP) is 1.40. The minimum atomic E-state index is -0.427. The molecule has 28 heavy (non-hydrogen) atoms. The van der Waals surface area contributed by atoms with Crippen LogP contribution in [-0.2, 0) is 27.6 Å². The van der Waals surface area contributed by atoms with Crippen LogP contribution in [0.3, 0.4) is 0 Å². The third kappa shape index (κ3) is 3.55. The highest BCUT2D eigenvalue weighted by Crippen LogP contribution is 2.14. The standard InChI is InChI=1S/C19H24N6O3/c1-6-13-7-9-14(10-8-13)28-11-12(2)21-22-18-20-16-15(23(18)3)17(26)25(5)19(27)24(16)4/h7-10H,6,11H2,1-5H3,(H,20,22)/b21-12-. The second-order valence-corrected chi connectivity index (χ2v) is 6.62. The molecule has 0 aliphatic heterocycles. The fraction of sp³-hybridized carbons (Fsp3) is 0.368. The summed E-state index contributed by atoms with van der Waals surface area (Å²) in [5, 5.41) is 4.27. The number of anilines is 1. The van der Waals surface area contributed by atoms with E-state index < -0.39 is 11.2 Å². The molecule has 0 unspecified atom stereocenters. The van der Waals surface area contributed by atoms with E-state index in [1.807, 2.05) is 31.2 Å². The summed E-state index contributed by atoms with van der Waals surface area (Å²) < 4.78 is 9.69. The topological polar surface area (TPSA) is 95.4 Å². The molecule has 0 spiro atoms. The third-order valence-electron chi connectivity index (χ3n) is 4.60. The number of nitrogens with zero attached hydrogens (tertiary/aromatic N) is 5. The van der Waals surface area contributed by atoms with E-state index in [0.717, 1.165) is 16.7 Å². The molecule has 0 radical (unpaired) electrons. The number of hydrazone groups is 1. The van der Waals surface area contributed by atoms with Crippen LogP contribution < -0.4 is 21.4 Å². The summed E-state index contributed by atoms with van der Waals surface area (Å²) in [5.74, 6) is 1.13. The summed E-state index contributed by atoms with van der Waals surface area (Å²) in [6.45, 7) is 4.24. The summed E-state index contributed by atoms with van der Waals surface area (Å²) in [6.07, 6.45) is 0.984. The zero-order chi connectivity index (χ0) is 20.4. The van der Waals surface area contributed by atoms with Crippen LogP contribution in [0.4, 0.5) is 5.95 Å². The van der Waals surface area contributed by atoms with Gasteiger partial charge in [-0.25, -0.2) is 10.2 Å². The van der Waals surface area contributed by atoms with E-state index in [9.17, 15) is 9.59 Å². The molecule has 0 saturated heterocycles. The van der Waals surface area contributed by atoms with Crippen LogP contribution in [0.25, 0.3) is 11.2 Å². The van der Waals surface area contributed by atoms with E-state index in [0.29, 0.717) is 29.4 Å². The lowest BCUT2D eigenvalue weighted by Crippen LogP contribution is -2.37. The van der Waals surface area contributed by atoms with Crippen molar-refractivity contribution in [2.75, 3.05) is 12.0 Å². The first kappa shape index (κ1) is 19.4. The molecule has 0 bridgehead atoms. The van der Waals surface area contributed by atoms with Crippen LogP contribution >= 0.6 is 0 Å². The zero-order valence-corrected chi connectivity index (χ0v) is 16.7. The van der Waals surface area contributed by atoms with Crippen LogP contribution in [-0.4, -0.2) is 31.0 Å². The monoisotopic (exact) mass is 384 g/mol. The van der Waals surface area contributed by atoms with Crippen LogP contribution in [0.1, 0.15) is 19.4 Å². The van der Waals surface area contributed by atoms with Crippen molar-refractivity contribution in [2.45, 2.75) is 20.3 Å². The fourth-order valence-corrected chi connectivity index (χ4v) is 2.81. The number of nitrogens with one attached hydrogen (secondary N) is 1. The molecule has 1 N–H and O–H groups in total. The van der Waals surface area contributed by atoms with Crippen molar-refractivity contribution in [3.05, 3.63) is 50.7 Å². The molecule has 0 aliphatic rings. The zero-order valence-electron chi connectivity index (χ0n) is 16.7. The van der Waals surface area contributed by atoms with Crippen molar-refractivity contribution in [1.82, 2.24) is 18.7 Å². The number of imidazole rings is 1. The number of fused-ring (bicyclic) bond motifs is 1. The molecule has 2 heterocycles. The molecule has 9 heteroatoms. The number of aromatic nitrogens is 4. The normalized spacial score (nSPS) is 11.8. The van der Waals surface area contributed by atoms with E-state index in [1.165, 1.54) is 17.2 Å². The van der Waals surface area contributed by atoms with E-state index in [2.05, 4.69) is 22.4 Å². The lowest BCUT2D eigenvalue weighted by Gasteiger charge is -2.07. The molecule has 1 aromatic carbocycles. The molecule has 0 fully saturated rings. The first-order valence-electron chi connectivity index (χ1n) is 8.96. The van der Waals surface area contributed by atoms with Crippen LogP contribution in [0, 0.1) is 0 Å². The van der Waals surface area contributed by atoms with E-state index in [1.54, 1.807) is 18.7 Å². The molecule has 0 saturated carbocycles. The van der Waals surface area contributed by atoms with E-state index in [-0.39, 0.29) is 0 Å². The van der Waals surface area contributed by atoms with Crippen LogP contribution in [0.15, 0.2) is 39.0 Å². The second kappa shape index (κ2) is 7.71. The van der Waals surface area contributed by atoms with Gasteiger partial charge in [-0.3, -0.25) is 13.9 Å². The van der Waals surface area contributed by atoms with Gasteiger partial charge in [-0.1, -0.05) is 19.1 Å². The largest absolute Gasteiger partial charge is 0.488 e. The van der Waals surface area contributed by atoms with E-state index in [4.69, 9.17) is 4.74 Å². The average Bonchev–Trinajstić information content (AvgIpc) is 3.04. The lowest BCUT2D eigenvalue weighted by atomic mass is 10.2.